The largest absolute Gasteiger partial charge is 0.293 e. The smallest absolute Gasteiger partial charge is 0.178 e. The molecule has 96 valence electrons. The van der Waals surface area contributed by atoms with Crippen molar-refractivity contribution in [1.29, 1.82) is 0 Å². The van der Waals surface area contributed by atoms with Gasteiger partial charge in [-0.2, -0.15) is 0 Å². The Morgan fingerprint density at radius 3 is 2.32 bits per heavy atom. The van der Waals surface area contributed by atoms with Crippen LogP contribution in [0.2, 0.25) is 5.02 Å². The van der Waals surface area contributed by atoms with Crippen LogP contribution in [-0.2, 0) is 0 Å². The molecule has 0 N–H and O–H groups in total. The lowest BCUT2D eigenvalue weighted by Gasteiger charge is -2.02. The number of carbonyl (C=O) groups excluding carboxylic acids is 1. The second kappa shape index (κ2) is 5.76. The van der Waals surface area contributed by atoms with Crippen molar-refractivity contribution >= 4 is 28.8 Å². The molecule has 0 radical (unpaired) electrons. The monoisotopic (exact) mass is 272 g/mol. The number of pyridine rings is 1. The number of benzene rings is 1. The molecule has 0 amide bonds. The van der Waals surface area contributed by atoms with Gasteiger partial charge in [-0.15, -0.1) is 0 Å². The molecule has 0 saturated heterocycles. The summed E-state index contributed by atoms with van der Waals surface area (Å²) < 4.78 is 0. The van der Waals surface area contributed by atoms with Crippen molar-refractivity contribution in [2.45, 2.75) is 13.8 Å². The number of nitrogens with zero attached hydrogens (tertiary/aromatic N) is 2. The van der Waals surface area contributed by atoms with Gasteiger partial charge in [0.15, 0.2) is 5.78 Å². The summed E-state index contributed by atoms with van der Waals surface area (Å²) in [4.78, 5) is 20.0. The third kappa shape index (κ3) is 3.48. The molecule has 3 nitrogen and oxygen atoms in total. The van der Waals surface area contributed by atoms with Crippen LogP contribution in [-0.4, -0.2) is 16.5 Å². The van der Waals surface area contributed by atoms with Crippen molar-refractivity contribution in [3.8, 4) is 0 Å². The van der Waals surface area contributed by atoms with Crippen LogP contribution in [0.5, 0.6) is 0 Å². The van der Waals surface area contributed by atoms with Gasteiger partial charge in [-0.1, -0.05) is 17.7 Å². The Hall–Kier alpha value is -2.00. The molecule has 2 aromatic rings. The highest BCUT2D eigenvalue weighted by molar-refractivity contribution is 6.30. The lowest BCUT2D eigenvalue weighted by molar-refractivity contribution is 0.101. The second-order valence-corrected chi connectivity index (χ2v) is 4.57. The van der Waals surface area contributed by atoms with E-state index in [1.807, 2.05) is 25.1 Å². The van der Waals surface area contributed by atoms with E-state index < -0.39 is 0 Å². The molecule has 1 aromatic carbocycles. The third-order valence-electron chi connectivity index (χ3n) is 2.60. The van der Waals surface area contributed by atoms with Crippen molar-refractivity contribution < 1.29 is 4.79 Å². The van der Waals surface area contributed by atoms with Crippen molar-refractivity contribution in [1.82, 2.24) is 4.98 Å². The van der Waals surface area contributed by atoms with Gasteiger partial charge in [0.25, 0.3) is 0 Å². The summed E-state index contributed by atoms with van der Waals surface area (Å²) in [5.41, 5.74) is 2.70. The minimum Gasteiger partial charge on any atom is -0.293 e. The van der Waals surface area contributed by atoms with E-state index in [1.54, 1.807) is 24.3 Å². The predicted molar refractivity (Wildman–Crippen MR) is 77.6 cm³/mol. The first-order valence-corrected chi connectivity index (χ1v) is 6.23. The van der Waals surface area contributed by atoms with E-state index in [0.717, 1.165) is 11.4 Å². The SMILES string of the molecule is CC(=O)c1cccc(C(C)=Nc2ccc(Cl)cc2)n1. The maximum atomic E-state index is 11.3. The normalized spacial score (nSPS) is 11.4. The zero-order valence-electron chi connectivity index (χ0n) is 10.7. The lowest BCUT2D eigenvalue weighted by Crippen LogP contribution is -2.03. The number of rotatable bonds is 3. The Labute approximate surface area is 117 Å². The molecule has 0 aliphatic carbocycles. The fourth-order valence-electron chi connectivity index (χ4n) is 1.60. The van der Waals surface area contributed by atoms with Crippen LogP contribution < -0.4 is 0 Å². The number of aromatic nitrogens is 1. The Balaban J connectivity index is 2.33. The summed E-state index contributed by atoms with van der Waals surface area (Å²) in [5.74, 6) is -0.0545. The molecule has 0 saturated carbocycles. The molecule has 0 atom stereocenters. The number of halogens is 1. The molecule has 0 fully saturated rings. The van der Waals surface area contributed by atoms with Gasteiger partial charge >= 0.3 is 0 Å². The quantitative estimate of drug-likeness (QED) is 0.624. The number of ketones is 1. The van der Waals surface area contributed by atoms with Gasteiger partial charge < -0.3 is 0 Å². The van der Waals surface area contributed by atoms with Gasteiger partial charge in [-0.25, -0.2) is 4.98 Å². The average Bonchev–Trinajstić information content (AvgIpc) is 2.41. The highest BCUT2D eigenvalue weighted by atomic mass is 35.5. The Morgan fingerprint density at radius 2 is 1.68 bits per heavy atom. The molecule has 0 bridgehead atoms. The summed E-state index contributed by atoms with van der Waals surface area (Å²) >= 11 is 5.82. The van der Waals surface area contributed by atoms with E-state index in [2.05, 4.69) is 9.98 Å². The van der Waals surface area contributed by atoms with Gasteiger partial charge in [0.1, 0.15) is 5.69 Å². The van der Waals surface area contributed by atoms with Crippen molar-refractivity contribution in [2.75, 3.05) is 0 Å². The highest BCUT2D eigenvalue weighted by Crippen LogP contribution is 2.17. The van der Waals surface area contributed by atoms with E-state index in [1.165, 1.54) is 6.92 Å². The van der Waals surface area contributed by atoms with Gasteiger partial charge in [-0.05, 0) is 43.3 Å². The van der Waals surface area contributed by atoms with Crippen LogP contribution in [0, 0.1) is 0 Å². The van der Waals surface area contributed by atoms with Crippen LogP contribution in [0.15, 0.2) is 47.5 Å². The minimum atomic E-state index is -0.0545. The Kier molecular flexibility index (Phi) is 4.07. The first kappa shape index (κ1) is 13.4. The Morgan fingerprint density at radius 1 is 1.05 bits per heavy atom. The maximum absolute atomic E-state index is 11.3. The molecule has 0 aliphatic rings. The molecular weight excluding hydrogens is 260 g/mol. The molecule has 4 heteroatoms. The minimum absolute atomic E-state index is 0.0545. The molecule has 1 aromatic heterocycles. The molecule has 2 rings (SSSR count). The molecular formula is C15H13ClN2O. The number of aliphatic imine (C=N–C) groups is 1. The molecule has 0 spiro atoms. The van der Waals surface area contributed by atoms with Gasteiger partial charge in [0.2, 0.25) is 0 Å². The topological polar surface area (TPSA) is 42.3 Å². The predicted octanol–water partition coefficient (Wildman–Crippen LogP) is 4.08. The van der Waals surface area contributed by atoms with E-state index in [4.69, 9.17) is 11.6 Å². The van der Waals surface area contributed by atoms with Gasteiger partial charge in [0.05, 0.1) is 17.1 Å². The highest BCUT2D eigenvalue weighted by Gasteiger charge is 2.04. The summed E-state index contributed by atoms with van der Waals surface area (Å²) in [7, 11) is 0. The van der Waals surface area contributed by atoms with Crippen LogP contribution in [0.3, 0.4) is 0 Å². The zero-order valence-corrected chi connectivity index (χ0v) is 11.5. The van der Waals surface area contributed by atoms with E-state index in [0.29, 0.717) is 16.4 Å². The maximum Gasteiger partial charge on any atom is 0.178 e. The first-order chi connectivity index (χ1) is 9.06. The van der Waals surface area contributed by atoms with Crippen LogP contribution in [0.25, 0.3) is 0 Å². The molecule has 19 heavy (non-hydrogen) atoms. The molecule has 0 unspecified atom stereocenters. The summed E-state index contributed by atoms with van der Waals surface area (Å²) in [6.45, 7) is 3.36. The van der Waals surface area contributed by atoms with Gasteiger partial charge in [0, 0.05) is 11.9 Å². The Bertz CT molecular complexity index is 633. The lowest BCUT2D eigenvalue weighted by atomic mass is 10.2. The summed E-state index contributed by atoms with van der Waals surface area (Å²) in [6, 6.07) is 12.6. The average molecular weight is 273 g/mol. The van der Waals surface area contributed by atoms with Crippen LogP contribution in [0.4, 0.5) is 5.69 Å². The van der Waals surface area contributed by atoms with Crippen LogP contribution >= 0.6 is 11.6 Å². The first-order valence-electron chi connectivity index (χ1n) is 5.85. The number of Topliss-reactive ketones (excluding diaryl/α,β-unsaturated/α-hetero) is 1. The number of hydrogen-bond donors (Lipinski definition) is 0. The zero-order chi connectivity index (χ0) is 13.8. The van der Waals surface area contributed by atoms with Crippen molar-refractivity contribution in [2.24, 2.45) is 4.99 Å². The molecule has 0 aliphatic heterocycles. The van der Waals surface area contributed by atoms with E-state index in [9.17, 15) is 4.79 Å². The van der Waals surface area contributed by atoms with Crippen molar-refractivity contribution in [3.63, 3.8) is 0 Å². The molecule has 1 heterocycles. The summed E-state index contributed by atoms with van der Waals surface area (Å²) in [5, 5.41) is 0.674. The van der Waals surface area contributed by atoms with Crippen LogP contribution in [0.1, 0.15) is 30.0 Å². The van der Waals surface area contributed by atoms with Gasteiger partial charge in [-0.3, -0.25) is 9.79 Å². The third-order valence-corrected chi connectivity index (χ3v) is 2.86. The van der Waals surface area contributed by atoms with Crippen molar-refractivity contribution in [3.05, 3.63) is 58.9 Å². The second-order valence-electron chi connectivity index (χ2n) is 4.14. The fourth-order valence-corrected chi connectivity index (χ4v) is 1.72. The number of carbonyl (C=O) groups is 1. The van der Waals surface area contributed by atoms with E-state index >= 15 is 0 Å². The summed E-state index contributed by atoms with van der Waals surface area (Å²) in [6.07, 6.45) is 0. The number of hydrogen-bond acceptors (Lipinski definition) is 3. The van der Waals surface area contributed by atoms with E-state index in [-0.39, 0.29) is 5.78 Å². The standard InChI is InChI=1S/C15H13ClN2O/c1-10(17-13-8-6-12(16)7-9-13)14-4-3-5-15(18-14)11(2)19/h3-9H,1-2H3. The fraction of sp³-hybridized carbons (Fsp3) is 0.133.